The van der Waals surface area contributed by atoms with Crippen LogP contribution in [0.2, 0.25) is 18.1 Å². The molecule has 0 aliphatic rings. The Morgan fingerprint density at radius 3 is 2.12 bits per heavy atom. The Balaban J connectivity index is 2.58. The van der Waals surface area contributed by atoms with Gasteiger partial charge in [0.1, 0.15) is 0 Å². The van der Waals surface area contributed by atoms with Gasteiger partial charge in [0.05, 0.1) is 6.04 Å². The highest BCUT2D eigenvalue weighted by Gasteiger charge is 2.38. The predicted octanol–water partition coefficient (Wildman–Crippen LogP) is 4.27. The first kappa shape index (κ1) is 14.4. The molecular weight excluding hydrogens is 226 g/mol. The Hall–Kier alpha value is -0.643. The zero-order valence-corrected chi connectivity index (χ0v) is 12.9. The number of nitrogens with one attached hydrogen (secondary N) is 1. The van der Waals surface area contributed by atoms with Crippen molar-refractivity contribution in [3.05, 3.63) is 35.9 Å². The van der Waals surface area contributed by atoms with E-state index < -0.39 is 8.32 Å². The third kappa shape index (κ3) is 3.94. The van der Waals surface area contributed by atoms with E-state index in [-0.39, 0.29) is 11.1 Å². The van der Waals surface area contributed by atoms with Gasteiger partial charge >= 0.3 is 0 Å². The van der Waals surface area contributed by atoms with Gasteiger partial charge in [0.25, 0.3) is 0 Å². The summed E-state index contributed by atoms with van der Waals surface area (Å²) >= 11 is 0. The SMILES string of the molecule is C[C@H](NO[Si](C)(C)C(C)(C)C)c1ccccc1. The summed E-state index contributed by atoms with van der Waals surface area (Å²) in [6.45, 7) is 13.4. The molecule has 0 amide bonds. The van der Waals surface area contributed by atoms with Crippen LogP contribution in [-0.2, 0) is 4.53 Å². The summed E-state index contributed by atoms with van der Waals surface area (Å²) in [7, 11) is -1.71. The number of hydrogen-bond donors (Lipinski definition) is 1. The second kappa shape index (κ2) is 5.34. The second-order valence-corrected chi connectivity index (χ2v) is 10.8. The van der Waals surface area contributed by atoms with Crippen molar-refractivity contribution >= 4 is 8.32 Å². The molecule has 1 aromatic carbocycles. The lowest BCUT2D eigenvalue weighted by Crippen LogP contribution is -2.45. The lowest BCUT2D eigenvalue weighted by molar-refractivity contribution is 0.142. The topological polar surface area (TPSA) is 21.3 Å². The summed E-state index contributed by atoms with van der Waals surface area (Å²) in [6.07, 6.45) is 0. The number of hydrogen-bond acceptors (Lipinski definition) is 2. The van der Waals surface area contributed by atoms with Gasteiger partial charge < -0.3 is 4.53 Å². The van der Waals surface area contributed by atoms with Crippen molar-refractivity contribution < 1.29 is 4.53 Å². The first-order valence-electron chi connectivity index (χ1n) is 6.22. The van der Waals surface area contributed by atoms with E-state index in [1.54, 1.807) is 0 Å². The minimum atomic E-state index is -1.71. The van der Waals surface area contributed by atoms with Crippen molar-refractivity contribution in [2.24, 2.45) is 0 Å². The smallest absolute Gasteiger partial charge is 0.219 e. The molecule has 1 aromatic rings. The van der Waals surface area contributed by atoms with E-state index in [0.717, 1.165) is 0 Å². The maximum absolute atomic E-state index is 6.00. The molecule has 1 atom stereocenters. The third-order valence-electron chi connectivity index (χ3n) is 3.60. The molecule has 2 nitrogen and oxygen atoms in total. The number of hydroxylamine groups is 1. The van der Waals surface area contributed by atoms with Gasteiger partial charge in [-0.1, -0.05) is 51.1 Å². The van der Waals surface area contributed by atoms with Gasteiger partial charge in [-0.05, 0) is 30.6 Å². The third-order valence-corrected chi connectivity index (χ3v) is 7.84. The van der Waals surface area contributed by atoms with Crippen LogP contribution >= 0.6 is 0 Å². The van der Waals surface area contributed by atoms with Crippen LogP contribution in [0.15, 0.2) is 30.3 Å². The van der Waals surface area contributed by atoms with Crippen LogP contribution in [0.5, 0.6) is 0 Å². The summed E-state index contributed by atoms with van der Waals surface area (Å²) in [6, 6.07) is 10.6. The van der Waals surface area contributed by atoms with Crippen molar-refractivity contribution in [3.8, 4) is 0 Å². The summed E-state index contributed by atoms with van der Waals surface area (Å²) in [5.41, 5.74) is 4.46. The lowest BCUT2D eigenvalue weighted by Gasteiger charge is -2.36. The highest BCUT2D eigenvalue weighted by Crippen LogP contribution is 2.36. The van der Waals surface area contributed by atoms with E-state index in [4.69, 9.17) is 4.53 Å². The van der Waals surface area contributed by atoms with E-state index in [2.05, 4.69) is 70.5 Å². The molecule has 0 aromatic heterocycles. The lowest BCUT2D eigenvalue weighted by atomic mass is 10.1. The fraction of sp³-hybridized carbons (Fsp3) is 0.571. The summed E-state index contributed by atoms with van der Waals surface area (Å²) in [5.74, 6) is 0. The molecule has 3 heteroatoms. The molecule has 0 unspecified atom stereocenters. The van der Waals surface area contributed by atoms with Gasteiger partial charge in [-0.2, -0.15) is 0 Å². The molecule has 0 bridgehead atoms. The van der Waals surface area contributed by atoms with E-state index in [1.165, 1.54) is 5.56 Å². The minimum absolute atomic E-state index is 0.227. The van der Waals surface area contributed by atoms with Gasteiger partial charge in [-0.15, -0.1) is 0 Å². The molecular formula is C14H25NOSi. The zero-order valence-electron chi connectivity index (χ0n) is 11.9. The summed E-state index contributed by atoms with van der Waals surface area (Å²) < 4.78 is 6.00. The van der Waals surface area contributed by atoms with E-state index >= 15 is 0 Å². The van der Waals surface area contributed by atoms with Crippen LogP contribution in [0.3, 0.4) is 0 Å². The molecule has 17 heavy (non-hydrogen) atoms. The molecule has 1 N–H and O–H groups in total. The maximum Gasteiger partial charge on any atom is 0.219 e. The number of benzene rings is 1. The van der Waals surface area contributed by atoms with Crippen molar-refractivity contribution in [2.45, 2.75) is 51.9 Å². The van der Waals surface area contributed by atoms with Gasteiger partial charge in [-0.3, -0.25) is 0 Å². The standard InChI is InChI=1S/C14H25NOSi/c1-12(13-10-8-7-9-11-13)15-16-17(5,6)14(2,3)4/h7-12,15H,1-6H3/t12-/m0/s1. The first-order valence-corrected chi connectivity index (χ1v) is 9.13. The molecule has 0 saturated heterocycles. The fourth-order valence-electron chi connectivity index (χ4n) is 1.20. The largest absolute Gasteiger partial charge is 0.345 e. The van der Waals surface area contributed by atoms with E-state index in [9.17, 15) is 0 Å². The number of rotatable bonds is 4. The Morgan fingerprint density at radius 1 is 1.12 bits per heavy atom. The van der Waals surface area contributed by atoms with Gasteiger partial charge in [-0.25, -0.2) is 5.48 Å². The van der Waals surface area contributed by atoms with Crippen LogP contribution < -0.4 is 5.48 Å². The van der Waals surface area contributed by atoms with Gasteiger partial charge in [0, 0.05) is 0 Å². The molecule has 0 saturated carbocycles. The van der Waals surface area contributed by atoms with Crippen LogP contribution in [0, 0.1) is 0 Å². The fourth-order valence-corrected chi connectivity index (χ4v) is 1.98. The zero-order chi connectivity index (χ0) is 13.1. The first-order chi connectivity index (χ1) is 7.74. The average Bonchev–Trinajstić information content (AvgIpc) is 2.25. The Bertz CT molecular complexity index is 343. The molecule has 1 rings (SSSR count). The molecule has 96 valence electrons. The van der Waals surface area contributed by atoms with E-state index in [0.29, 0.717) is 0 Å². The van der Waals surface area contributed by atoms with Crippen LogP contribution in [0.1, 0.15) is 39.3 Å². The van der Waals surface area contributed by atoms with Crippen molar-refractivity contribution in [2.75, 3.05) is 0 Å². The quantitative estimate of drug-likeness (QED) is 0.637. The van der Waals surface area contributed by atoms with Crippen molar-refractivity contribution in [1.29, 1.82) is 0 Å². The highest BCUT2D eigenvalue weighted by atomic mass is 28.4. The van der Waals surface area contributed by atoms with Crippen LogP contribution in [0.25, 0.3) is 0 Å². The normalized spacial score (nSPS) is 14.7. The Labute approximate surface area is 106 Å². The van der Waals surface area contributed by atoms with E-state index in [1.807, 2.05) is 6.07 Å². The minimum Gasteiger partial charge on any atom is -0.345 e. The van der Waals surface area contributed by atoms with Crippen LogP contribution in [0.4, 0.5) is 0 Å². The maximum atomic E-state index is 6.00. The molecule has 0 heterocycles. The highest BCUT2D eigenvalue weighted by molar-refractivity contribution is 6.74. The van der Waals surface area contributed by atoms with Gasteiger partial charge in [0.2, 0.25) is 8.32 Å². The summed E-state index contributed by atoms with van der Waals surface area (Å²) in [5, 5.41) is 0.233. The monoisotopic (exact) mass is 251 g/mol. The molecule has 0 fully saturated rings. The summed E-state index contributed by atoms with van der Waals surface area (Å²) in [4.78, 5) is 0. The predicted molar refractivity (Wildman–Crippen MR) is 76.3 cm³/mol. The van der Waals surface area contributed by atoms with Crippen LogP contribution in [-0.4, -0.2) is 8.32 Å². The van der Waals surface area contributed by atoms with Crippen molar-refractivity contribution in [1.82, 2.24) is 5.48 Å². The van der Waals surface area contributed by atoms with Gasteiger partial charge in [0.15, 0.2) is 0 Å². The molecule has 0 aliphatic heterocycles. The molecule has 0 spiro atoms. The average molecular weight is 251 g/mol. The Morgan fingerprint density at radius 2 is 1.65 bits per heavy atom. The van der Waals surface area contributed by atoms with Crippen molar-refractivity contribution in [3.63, 3.8) is 0 Å². The second-order valence-electron chi connectivity index (χ2n) is 6.11. The molecule has 0 aliphatic carbocycles. The Kier molecular flexibility index (Phi) is 4.53. The molecule has 0 radical (unpaired) electrons.